The van der Waals surface area contributed by atoms with Gasteiger partial charge >= 0.3 is 6.03 Å². The zero-order chi connectivity index (χ0) is 24.7. The van der Waals surface area contributed by atoms with Gasteiger partial charge in [0.25, 0.3) is 0 Å². The molecular weight excluding hydrogens is 452 g/mol. The van der Waals surface area contributed by atoms with E-state index in [9.17, 15) is 14.4 Å². The van der Waals surface area contributed by atoms with Crippen LogP contribution in [0.25, 0.3) is 0 Å². The SMILES string of the molecule is O=C1NC(=O)[C@@]2(Cc3ccccc3N3CCN(c4ccccc4)C[C@@H]32)C(=O)N1CCc1ccccc1. The molecule has 4 amide bonds. The summed E-state index contributed by atoms with van der Waals surface area (Å²) in [5.41, 5.74) is 2.74. The first-order valence-corrected chi connectivity index (χ1v) is 12.4. The number of barbiturate groups is 1. The first-order chi connectivity index (χ1) is 17.6. The van der Waals surface area contributed by atoms with Crippen LogP contribution in [0.3, 0.4) is 0 Å². The van der Waals surface area contributed by atoms with E-state index in [0.717, 1.165) is 29.0 Å². The van der Waals surface area contributed by atoms with Gasteiger partial charge in [-0.3, -0.25) is 19.8 Å². The number of hydrogen-bond donors (Lipinski definition) is 1. The molecule has 3 aliphatic heterocycles. The van der Waals surface area contributed by atoms with Gasteiger partial charge in [-0.25, -0.2) is 4.79 Å². The maximum atomic E-state index is 14.3. The third kappa shape index (κ3) is 3.54. The van der Waals surface area contributed by atoms with Crippen LogP contribution in [0.15, 0.2) is 84.9 Å². The lowest BCUT2D eigenvalue weighted by atomic mass is 9.67. The summed E-state index contributed by atoms with van der Waals surface area (Å²) < 4.78 is 0. The van der Waals surface area contributed by atoms with Crippen LogP contribution < -0.4 is 15.1 Å². The summed E-state index contributed by atoms with van der Waals surface area (Å²) in [6.45, 7) is 2.19. The molecule has 7 heteroatoms. The Hall–Kier alpha value is -4.13. The van der Waals surface area contributed by atoms with Crippen molar-refractivity contribution in [3.8, 4) is 0 Å². The maximum absolute atomic E-state index is 14.3. The standard InChI is InChI=1S/C29H28N4O3/c34-26-29(27(35)33(28(36)30-26)16-15-21-9-3-1-4-10-21)19-22-11-7-8-14-24(22)32-18-17-31(20-25(29)32)23-12-5-2-6-13-23/h1-14,25H,15-20H2,(H,30,34,36)/t25-,29+/m1/s1. The number of nitrogens with zero attached hydrogens (tertiary/aromatic N) is 3. The highest BCUT2D eigenvalue weighted by molar-refractivity contribution is 6.20. The highest BCUT2D eigenvalue weighted by Crippen LogP contribution is 2.46. The number of benzene rings is 3. The van der Waals surface area contributed by atoms with Crippen molar-refractivity contribution in [2.75, 3.05) is 36.0 Å². The van der Waals surface area contributed by atoms with Gasteiger partial charge in [0.05, 0.1) is 6.04 Å². The van der Waals surface area contributed by atoms with Crippen LogP contribution in [0.2, 0.25) is 0 Å². The van der Waals surface area contributed by atoms with E-state index in [-0.39, 0.29) is 13.0 Å². The number of urea groups is 1. The summed E-state index contributed by atoms with van der Waals surface area (Å²) in [4.78, 5) is 46.5. The zero-order valence-corrected chi connectivity index (χ0v) is 20.0. The molecule has 2 atom stereocenters. The number of carbonyl (C=O) groups is 3. The smallest absolute Gasteiger partial charge is 0.330 e. The van der Waals surface area contributed by atoms with Crippen LogP contribution in [0.5, 0.6) is 0 Å². The Kier molecular flexibility index (Phi) is 5.48. The van der Waals surface area contributed by atoms with Crippen molar-refractivity contribution in [2.45, 2.75) is 18.9 Å². The molecule has 0 aliphatic carbocycles. The van der Waals surface area contributed by atoms with Crippen molar-refractivity contribution in [2.24, 2.45) is 5.41 Å². The van der Waals surface area contributed by atoms with Gasteiger partial charge in [0.15, 0.2) is 5.41 Å². The third-order valence-electron chi connectivity index (χ3n) is 7.81. The first-order valence-electron chi connectivity index (χ1n) is 12.4. The van der Waals surface area contributed by atoms with E-state index in [2.05, 4.69) is 33.3 Å². The first kappa shape index (κ1) is 22.3. The molecule has 3 aromatic carbocycles. The van der Waals surface area contributed by atoms with Gasteiger partial charge in [0, 0.05) is 37.6 Å². The van der Waals surface area contributed by atoms with E-state index < -0.39 is 29.3 Å². The zero-order valence-electron chi connectivity index (χ0n) is 20.0. The van der Waals surface area contributed by atoms with Crippen molar-refractivity contribution in [3.05, 3.63) is 96.1 Å². The molecule has 2 fully saturated rings. The minimum Gasteiger partial charge on any atom is -0.368 e. The number of anilines is 2. The van der Waals surface area contributed by atoms with E-state index >= 15 is 0 Å². The topological polar surface area (TPSA) is 73.0 Å². The summed E-state index contributed by atoms with van der Waals surface area (Å²) in [6.07, 6.45) is 0.804. The number of piperazine rings is 1. The fourth-order valence-electron chi connectivity index (χ4n) is 5.97. The Bertz CT molecular complexity index is 1310. The van der Waals surface area contributed by atoms with Gasteiger partial charge in [-0.05, 0) is 42.2 Å². The van der Waals surface area contributed by atoms with Crippen LogP contribution in [0.1, 0.15) is 11.1 Å². The highest BCUT2D eigenvalue weighted by atomic mass is 16.2. The monoisotopic (exact) mass is 480 g/mol. The Balaban J connectivity index is 1.39. The molecule has 36 heavy (non-hydrogen) atoms. The third-order valence-corrected chi connectivity index (χ3v) is 7.81. The van der Waals surface area contributed by atoms with Gasteiger partial charge in [-0.1, -0.05) is 66.7 Å². The molecule has 0 bridgehead atoms. The molecule has 3 aromatic rings. The number of imide groups is 2. The second-order valence-electron chi connectivity index (χ2n) is 9.72. The molecule has 3 aliphatic rings. The number of fused-ring (bicyclic) bond motifs is 4. The summed E-state index contributed by atoms with van der Waals surface area (Å²) in [6, 6.07) is 26.8. The lowest BCUT2D eigenvalue weighted by Gasteiger charge is -2.55. The molecule has 3 heterocycles. The molecule has 0 aromatic heterocycles. The van der Waals surface area contributed by atoms with Crippen LogP contribution in [0.4, 0.5) is 16.2 Å². The predicted octanol–water partition coefficient (Wildman–Crippen LogP) is 3.25. The average molecular weight is 481 g/mol. The molecule has 0 saturated carbocycles. The normalized spacial score (nSPS) is 23.4. The van der Waals surface area contributed by atoms with Crippen molar-refractivity contribution in [1.82, 2.24) is 10.2 Å². The average Bonchev–Trinajstić information content (AvgIpc) is 2.92. The van der Waals surface area contributed by atoms with Crippen molar-refractivity contribution in [3.63, 3.8) is 0 Å². The summed E-state index contributed by atoms with van der Waals surface area (Å²) in [5.74, 6) is -0.889. The molecule has 2 saturated heterocycles. The molecular formula is C29H28N4O3. The number of para-hydroxylation sites is 2. The lowest BCUT2D eigenvalue weighted by molar-refractivity contribution is -0.153. The number of hydrogen-bond acceptors (Lipinski definition) is 5. The molecule has 1 N–H and O–H groups in total. The molecule has 182 valence electrons. The van der Waals surface area contributed by atoms with Gasteiger partial charge < -0.3 is 9.80 Å². The van der Waals surface area contributed by atoms with Crippen LogP contribution >= 0.6 is 0 Å². The van der Waals surface area contributed by atoms with E-state index in [1.54, 1.807) is 0 Å². The quantitative estimate of drug-likeness (QED) is 0.581. The number of amides is 4. The van der Waals surface area contributed by atoms with E-state index in [0.29, 0.717) is 19.5 Å². The highest BCUT2D eigenvalue weighted by Gasteiger charge is 2.62. The number of nitrogens with one attached hydrogen (secondary N) is 1. The molecule has 7 nitrogen and oxygen atoms in total. The Morgan fingerprint density at radius 1 is 0.833 bits per heavy atom. The van der Waals surface area contributed by atoms with Crippen molar-refractivity contribution in [1.29, 1.82) is 0 Å². The fourth-order valence-corrected chi connectivity index (χ4v) is 5.97. The van der Waals surface area contributed by atoms with Gasteiger partial charge in [0.1, 0.15) is 0 Å². The summed E-state index contributed by atoms with van der Waals surface area (Å²) >= 11 is 0. The molecule has 0 radical (unpaired) electrons. The minimum absolute atomic E-state index is 0.223. The second kappa shape index (κ2) is 8.82. The minimum atomic E-state index is -1.38. The van der Waals surface area contributed by atoms with Crippen LogP contribution in [-0.2, 0) is 22.4 Å². The van der Waals surface area contributed by atoms with E-state index in [1.807, 2.05) is 66.7 Å². The predicted molar refractivity (Wildman–Crippen MR) is 138 cm³/mol. The van der Waals surface area contributed by atoms with Crippen molar-refractivity contribution < 1.29 is 14.4 Å². The Morgan fingerprint density at radius 2 is 1.53 bits per heavy atom. The van der Waals surface area contributed by atoms with Crippen LogP contribution in [-0.4, -0.2) is 55.0 Å². The van der Waals surface area contributed by atoms with Gasteiger partial charge in [-0.2, -0.15) is 0 Å². The van der Waals surface area contributed by atoms with Gasteiger partial charge in [-0.15, -0.1) is 0 Å². The fraction of sp³-hybridized carbons (Fsp3) is 0.276. The van der Waals surface area contributed by atoms with E-state index in [1.165, 1.54) is 4.90 Å². The van der Waals surface area contributed by atoms with Crippen molar-refractivity contribution >= 4 is 29.2 Å². The summed E-state index contributed by atoms with van der Waals surface area (Å²) in [5, 5.41) is 2.56. The number of carbonyl (C=O) groups excluding carboxylic acids is 3. The molecule has 0 unspecified atom stereocenters. The Morgan fingerprint density at radius 3 is 2.31 bits per heavy atom. The maximum Gasteiger partial charge on any atom is 0.330 e. The van der Waals surface area contributed by atoms with Crippen LogP contribution in [0, 0.1) is 5.41 Å². The second-order valence-corrected chi connectivity index (χ2v) is 9.72. The van der Waals surface area contributed by atoms with Gasteiger partial charge in [0.2, 0.25) is 11.8 Å². The molecule has 1 spiro atoms. The Labute approximate surface area is 210 Å². The number of rotatable bonds is 4. The van der Waals surface area contributed by atoms with E-state index in [4.69, 9.17) is 0 Å². The molecule has 6 rings (SSSR count). The lowest BCUT2D eigenvalue weighted by Crippen LogP contribution is -2.75. The largest absolute Gasteiger partial charge is 0.368 e. The summed E-state index contributed by atoms with van der Waals surface area (Å²) in [7, 11) is 0.